The second-order valence-electron chi connectivity index (χ2n) is 7.43. The van der Waals surface area contributed by atoms with Crippen LogP contribution in [0.25, 0.3) is 34.3 Å². The number of aromatic nitrogens is 4. The molecule has 0 saturated heterocycles. The fourth-order valence-electron chi connectivity index (χ4n) is 3.38. The number of rotatable bonds is 5. The lowest BCUT2D eigenvalue weighted by molar-refractivity contribution is 0.401. The van der Waals surface area contributed by atoms with E-state index in [1.807, 2.05) is 24.3 Å². The van der Waals surface area contributed by atoms with Crippen molar-refractivity contribution >= 4 is 29.0 Å². The number of aryl methyl sites for hydroxylation is 1. The maximum absolute atomic E-state index is 5.70. The van der Waals surface area contributed by atoms with Crippen molar-refractivity contribution in [1.82, 2.24) is 25.1 Å². The molecule has 2 heterocycles. The van der Waals surface area contributed by atoms with Crippen LogP contribution in [-0.2, 0) is 6.54 Å². The van der Waals surface area contributed by atoms with E-state index in [4.69, 9.17) is 5.73 Å². The first kappa shape index (κ1) is 18.8. The summed E-state index contributed by atoms with van der Waals surface area (Å²) in [6.45, 7) is 3.10. The first-order chi connectivity index (χ1) is 14.0. The summed E-state index contributed by atoms with van der Waals surface area (Å²) >= 11 is 0. The Hall–Kier alpha value is -3.51. The fraction of sp³-hybridized carbons (Fsp3) is 0.174. The summed E-state index contributed by atoms with van der Waals surface area (Å²) in [5, 5.41) is 8.64. The van der Waals surface area contributed by atoms with Crippen LogP contribution in [0.3, 0.4) is 0 Å². The monoisotopic (exact) mass is 384 g/mol. The van der Waals surface area contributed by atoms with Gasteiger partial charge < -0.3 is 10.6 Å². The van der Waals surface area contributed by atoms with Gasteiger partial charge in [0.25, 0.3) is 0 Å². The number of nitrogens with one attached hydrogen (secondary N) is 1. The van der Waals surface area contributed by atoms with E-state index in [0.717, 1.165) is 40.0 Å². The van der Waals surface area contributed by atoms with Crippen molar-refractivity contribution in [2.45, 2.75) is 13.5 Å². The molecule has 2 aromatic heterocycles. The number of nitrogens with two attached hydrogens (primary N) is 1. The van der Waals surface area contributed by atoms with Gasteiger partial charge in [-0.2, -0.15) is 5.10 Å². The van der Waals surface area contributed by atoms with Gasteiger partial charge in [0.15, 0.2) is 0 Å². The third-order valence-electron chi connectivity index (χ3n) is 4.85. The van der Waals surface area contributed by atoms with E-state index in [2.05, 4.69) is 76.4 Å². The molecule has 3 N–H and O–H groups in total. The standard InChI is InChI=1S/C23H24N6/c1-15-12-16(4-6-18(15)14-29(2)3)5-9-21-19-8-7-17(13-22(19)28-27-21)20-10-11-25-23(24)26-20/h4-13H,14H2,1-3H3,(H,27,28)(H2,24,25,26)/b9-5+. The van der Waals surface area contributed by atoms with Crippen LogP contribution in [0.2, 0.25) is 0 Å². The quantitative estimate of drug-likeness (QED) is 0.540. The first-order valence-electron chi connectivity index (χ1n) is 9.49. The average molecular weight is 384 g/mol. The summed E-state index contributed by atoms with van der Waals surface area (Å²) in [7, 11) is 4.17. The number of anilines is 1. The number of H-pyrrole nitrogens is 1. The summed E-state index contributed by atoms with van der Waals surface area (Å²) < 4.78 is 0. The Kier molecular flexibility index (Phi) is 5.10. The first-order valence-corrected chi connectivity index (χ1v) is 9.49. The van der Waals surface area contributed by atoms with Gasteiger partial charge in [0.2, 0.25) is 5.95 Å². The Bertz CT molecular complexity index is 1190. The van der Waals surface area contributed by atoms with Crippen LogP contribution in [0.1, 0.15) is 22.4 Å². The normalized spacial score (nSPS) is 11.7. The van der Waals surface area contributed by atoms with Gasteiger partial charge in [-0.3, -0.25) is 5.10 Å². The molecule has 0 amide bonds. The number of nitrogen functional groups attached to an aromatic ring is 1. The van der Waals surface area contributed by atoms with Gasteiger partial charge in [-0.15, -0.1) is 0 Å². The van der Waals surface area contributed by atoms with Gasteiger partial charge in [0, 0.05) is 23.7 Å². The molecule has 0 bridgehead atoms. The van der Waals surface area contributed by atoms with E-state index in [0.29, 0.717) is 0 Å². The van der Waals surface area contributed by atoms with Gasteiger partial charge in [0.1, 0.15) is 0 Å². The predicted octanol–water partition coefficient (Wildman–Crippen LogP) is 4.14. The lowest BCUT2D eigenvalue weighted by Crippen LogP contribution is -2.11. The minimum atomic E-state index is 0.266. The molecule has 146 valence electrons. The van der Waals surface area contributed by atoms with Gasteiger partial charge in [-0.25, -0.2) is 9.97 Å². The minimum absolute atomic E-state index is 0.266. The predicted molar refractivity (Wildman–Crippen MR) is 119 cm³/mol. The van der Waals surface area contributed by atoms with Crippen molar-refractivity contribution in [3.63, 3.8) is 0 Å². The molecule has 6 heteroatoms. The van der Waals surface area contributed by atoms with Gasteiger partial charge in [-0.05, 0) is 62.0 Å². The highest BCUT2D eigenvalue weighted by Gasteiger charge is 2.07. The second kappa shape index (κ2) is 7.85. The SMILES string of the molecule is Cc1cc(/C=C/c2n[nH]c3cc(-c4ccnc(N)n4)ccc23)ccc1CN(C)C. The lowest BCUT2D eigenvalue weighted by Gasteiger charge is -2.12. The van der Waals surface area contributed by atoms with Crippen LogP contribution in [-0.4, -0.2) is 39.2 Å². The minimum Gasteiger partial charge on any atom is -0.368 e. The molecule has 0 atom stereocenters. The molecular weight excluding hydrogens is 360 g/mol. The maximum atomic E-state index is 5.70. The number of hydrogen-bond acceptors (Lipinski definition) is 5. The van der Waals surface area contributed by atoms with Crippen molar-refractivity contribution in [2.24, 2.45) is 0 Å². The molecule has 0 aliphatic rings. The fourth-order valence-corrected chi connectivity index (χ4v) is 3.38. The van der Waals surface area contributed by atoms with Crippen molar-refractivity contribution in [3.8, 4) is 11.3 Å². The van der Waals surface area contributed by atoms with Crippen molar-refractivity contribution < 1.29 is 0 Å². The highest BCUT2D eigenvalue weighted by atomic mass is 15.1. The molecule has 2 aromatic carbocycles. The molecule has 6 nitrogen and oxygen atoms in total. The topological polar surface area (TPSA) is 83.7 Å². The van der Waals surface area contributed by atoms with E-state index < -0.39 is 0 Å². The Morgan fingerprint density at radius 2 is 1.93 bits per heavy atom. The van der Waals surface area contributed by atoms with E-state index in [1.165, 1.54) is 11.1 Å². The summed E-state index contributed by atoms with van der Waals surface area (Å²) in [6, 6.07) is 14.5. The van der Waals surface area contributed by atoms with Crippen LogP contribution in [0.4, 0.5) is 5.95 Å². The Labute approximate surface area is 170 Å². The van der Waals surface area contributed by atoms with Crippen molar-refractivity contribution in [1.29, 1.82) is 0 Å². The zero-order valence-corrected chi connectivity index (χ0v) is 16.8. The highest BCUT2D eigenvalue weighted by Crippen LogP contribution is 2.25. The van der Waals surface area contributed by atoms with Crippen LogP contribution < -0.4 is 5.73 Å². The number of benzene rings is 2. The largest absolute Gasteiger partial charge is 0.368 e. The van der Waals surface area contributed by atoms with Gasteiger partial charge in [-0.1, -0.05) is 30.3 Å². The number of hydrogen-bond donors (Lipinski definition) is 2. The average Bonchev–Trinajstić information content (AvgIpc) is 3.10. The summed E-state index contributed by atoms with van der Waals surface area (Å²) in [5.41, 5.74) is 13.1. The maximum Gasteiger partial charge on any atom is 0.220 e. The van der Waals surface area contributed by atoms with Crippen molar-refractivity contribution in [3.05, 3.63) is 71.0 Å². The summed E-state index contributed by atoms with van der Waals surface area (Å²) in [4.78, 5) is 10.4. The van der Waals surface area contributed by atoms with E-state index in [9.17, 15) is 0 Å². The molecule has 0 aliphatic carbocycles. The second-order valence-corrected chi connectivity index (χ2v) is 7.43. The van der Waals surface area contributed by atoms with Crippen LogP contribution in [0, 0.1) is 6.92 Å². The Balaban J connectivity index is 1.59. The molecular formula is C23H24N6. The lowest BCUT2D eigenvalue weighted by atomic mass is 10.0. The molecule has 29 heavy (non-hydrogen) atoms. The van der Waals surface area contributed by atoms with Gasteiger partial charge in [0.05, 0.1) is 16.9 Å². The van der Waals surface area contributed by atoms with Crippen LogP contribution >= 0.6 is 0 Å². The Morgan fingerprint density at radius 3 is 2.69 bits per heavy atom. The zero-order chi connectivity index (χ0) is 20.4. The molecule has 0 aliphatic heterocycles. The summed E-state index contributed by atoms with van der Waals surface area (Å²) in [6.07, 6.45) is 5.80. The zero-order valence-electron chi connectivity index (χ0n) is 16.8. The highest BCUT2D eigenvalue weighted by molar-refractivity contribution is 5.91. The molecule has 0 spiro atoms. The number of fused-ring (bicyclic) bond motifs is 1. The molecule has 0 fully saturated rings. The van der Waals surface area contributed by atoms with Crippen LogP contribution in [0.5, 0.6) is 0 Å². The third kappa shape index (κ3) is 4.17. The number of aromatic amines is 1. The molecule has 4 aromatic rings. The molecule has 0 radical (unpaired) electrons. The van der Waals surface area contributed by atoms with Gasteiger partial charge >= 0.3 is 0 Å². The third-order valence-corrected chi connectivity index (χ3v) is 4.85. The van der Waals surface area contributed by atoms with E-state index >= 15 is 0 Å². The Morgan fingerprint density at radius 1 is 1.07 bits per heavy atom. The molecule has 4 rings (SSSR count). The molecule has 0 unspecified atom stereocenters. The van der Waals surface area contributed by atoms with E-state index in [1.54, 1.807) is 6.20 Å². The smallest absolute Gasteiger partial charge is 0.220 e. The number of nitrogens with zero attached hydrogens (tertiary/aromatic N) is 4. The van der Waals surface area contributed by atoms with Crippen LogP contribution in [0.15, 0.2) is 48.7 Å². The van der Waals surface area contributed by atoms with Crippen molar-refractivity contribution in [2.75, 3.05) is 19.8 Å². The summed E-state index contributed by atoms with van der Waals surface area (Å²) in [5.74, 6) is 0.266. The molecule has 0 saturated carbocycles. The van der Waals surface area contributed by atoms with E-state index in [-0.39, 0.29) is 5.95 Å².